The fourth-order valence-electron chi connectivity index (χ4n) is 3.29. The van der Waals surface area contributed by atoms with Crippen molar-refractivity contribution in [1.82, 2.24) is 4.90 Å². The smallest absolute Gasteiger partial charge is 0.387 e. The summed E-state index contributed by atoms with van der Waals surface area (Å²) in [6.45, 7) is 0.307. The number of likely N-dealkylation sites (N-methyl/N-ethyl adjacent to an activating group) is 1. The van der Waals surface area contributed by atoms with E-state index in [0.717, 1.165) is 5.56 Å². The molecule has 2 aromatic rings. The molecule has 0 saturated heterocycles. The fourth-order valence-corrected chi connectivity index (χ4v) is 3.29. The van der Waals surface area contributed by atoms with Gasteiger partial charge in [-0.15, -0.1) is 0 Å². The van der Waals surface area contributed by atoms with Crippen molar-refractivity contribution < 1.29 is 22.7 Å². The zero-order valence-electron chi connectivity index (χ0n) is 15.7. The van der Waals surface area contributed by atoms with Crippen molar-refractivity contribution in [2.75, 3.05) is 7.05 Å². The van der Waals surface area contributed by atoms with Crippen LogP contribution in [0.3, 0.4) is 0 Å². The van der Waals surface area contributed by atoms with E-state index in [1.165, 1.54) is 36.2 Å². The fraction of sp³-hybridized carbons (Fsp3) is 0.238. The highest BCUT2D eigenvalue weighted by molar-refractivity contribution is 6.08. The van der Waals surface area contributed by atoms with Gasteiger partial charge in [0.15, 0.2) is 11.5 Å². The quantitative estimate of drug-likeness (QED) is 0.766. The minimum absolute atomic E-state index is 0.0328. The van der Waals surface area contributed by atoms with Crippen LogP contribution in [-0.2, 0) is 16.8 Å². The minimum Gasteiger partial charge on any atom is -0.435 e. The molecule has 1 atom stereocenters. The predicted molar refractivity (Wildman–Crippen MR) is 103 cm³/mol. The minimum atomic E-state index is -2.95. The van der Waals surface area contributed by atoms with E-state index in [0.29, 0.717) is 17.5 Å². The molecule has 0 fully saturated rings. The number of halogens is 3. The Labute approximate surface area is 166 Å². The summed E-state index contributed by atoms with van der Waals surface area (Å²) in [6.07, 6.45) is 0.568. The lowest BCUT2D eigenvalue weighted by Crippen LogP contribution is -2.41. The number of hydrogen-bond acceptors (Lipinski definition) is 4. The Kier molecular flexibility index (Phi) is 5.63. The highest BCUT2D eigenvalue weighted by atomic mass is 19.3. The van der Waals surface area contributed by atoms with Gasteiger partial charge in [-0.05, 0) is 35.2 Å². The second-order valence-corrected chi connectivity index (χ2v) is 6.67. The van der Waals surface area contributed by atoms with E-state index in [2.05, 4.69) is 16.3 Å². The molecule has 3 rings (SSSR count). The highest BCUT2D eigenvalue weighted by Gasteiger charge is 2.49. The number of aliphatic imine (C=N–C) groups is 1. The number of alkyl halides is 2. The Balaban J connectivity index is 2.08. The first-order valence-corrected chi connectivity index (χ1v) is 8.85. The van der Waals surface area contributed by atoms with Gasteiger partial charge in [-0.25, -0.2) is 9.38 Å². The number of nitrogens with two attached hydrogens (primary N) is 1. The number of nitrogens with zero attached hydrogens (tertiary/aromatic N) is 2. The number of rotatable bonds is 7. The molecule has 0 saturated carbocycles. The zero-order valence-corrected chi connectivity index (χ0v) is 15.7. The molecular formula is C21H20F3N3O2. The summed E-state index contributed by atoms with van der Waals surface area (Å²) >= 11 is 0. The van der Waals surface area contributed by atoms with Gasteiger partial charge in [0.05, 0.1) is 5.83 Å². The van der Waals surface area contributed by atoms with Gasteiger partial charge in [0.2, 0.25) is 0 Å². The van der Waals surface area contributed by atoms with Crippen molar-refractivity contribution in [3.8, 4) is 5.75 Å². The van der Waals surface area contributed by atoms with E-state index in [9.17, 15) is 18.0 Å². The standard InChI is InChI=1S/C21H20F3N3O2/c1-13(22)6-7-14-4-3-5-16(12-14)21(18(28)27(2)20(25)26-21)15-8-10-17(11-9-15)29-19(23)24/h3-5,8-12,19H,1,6-7H2,2H3,(H2,25,26). The van der Waals surface area contributed by atoms with Crippen LogP contribution in [0, 0.1) is 0 Å². The molecule has 1 unspecified atom stereocenters. The van der Waals surface area contributed by atoms with Crippen molar-refractivity contribution in [1.29, 1.82) is 0 Å². The first kappa shape index (κ1) is 20.4. The van der Waals surface area contributed by atoms with Gasteiger partial charge in [0, 0.05) is 13.5 Å². The maximum atomic E-state index is 13.2. The molecule has 29 heavy (non-hydrogen) atoms. The number of benzene rings is 2. The number of hydrogen-bond donors (Lipinski definition) is 1. The van der Waals surface area contributed by atoms with Crippen molar-refractivity contribution in [3.63, 3.8) is 0 Å². The molecule has 1 aliphatic heterocycles. The highest BCUT2D eigenvalue weighted by Crippen LogP contribution is 2.40. The Hall–Kier alpha value is -3.29. The Bertz CT molecular complexity index is 960. The van der Waals surface area contributed by atoms with Crippen LogP contribution in [0.2, 0.25) is 0 Å². The molecule has 0 spiro atoms. The van der Waals surface area contributed by atoms with Crippen LogP contribution < -0.4 is 10.5 Å². The van der Waals surface area contributed by atoms with E-state index in [-0.39, 0.29) is 24.0 Å². The van der Waals surface area contributed by atoms with E-state index < -0.39 is 18.0 Å². The summed E-state index contributed by atoms with van der Waals surface area (Å²) in [5, 5.41) is 0. The van der Waals surface area contributed by atoms with Crippen LogP contribution in [0.1, 0.15) is 23.1 Å². The summed E-state index contributed by atoms with van der Waals surface area (Å²) in [6, 6.07) is 12.7. The number of allylic oxidation sites excluding steroid dienone is 1. The van der Waals surface area contributed by atoms with Crippen molar-refractivity contribution in [3.05, 3.63) is 77.6 Å². The van der Waals surface area contributed by atoms with Gasteiger partial charge < -0.3 is 10.5 Å². The lowest BCUT2D eigenvalue weighted by molar-refractivity contribution is -0.129. The van der Waals surface area contributed by atoms with E-state index in [1.807, 2.05) is 6.07 Å². The van der Waals surface area contributed by atoms with Crippen LogP contribution in [0.25, 0.3) is 0 Å². The Morgan fingerprint density at radius 2 is 1.93 bits per heavy atom. The first-order valence-electron chi connectivity index (χ1n) is 8.85. The summed E-state index contributed by atoms with van der Waals surface area (Å²) < 4.78 is 42.3. The molecule has 0 aliphatic carbocycles. The molecule has 5 nitrogen and oxygen atoms in total. The molecule has 2 N–H and O–H groups in total. The number of carbonyl (C=O) groups excluding carboxylic acids is 1. The maximum absolute atomic E-state index is 13.2. The summed E-state index contributed by atoms with van der Waals surface area (Å²) in [5.74, 6) is -0.821. The summed E-state index contributed by atoms with van der Waals surface area (Å²) in [7, 11) is 1.51. The molecule has 0 radical (unpaired) electrons. The third kappa shape index (κ3) is 3.96. The lowest BCUT2D eigenvalue weighted by atomic mass is 9.82. The number of aryl methyl sites for hydroxylation is 1. The largest absolute Gasteiger partial charge is 0.435 e. The van der Waals surface area contributed by atoms with Gasteiger partial charge >= 0.3 is 6.61 Å². The van der Waals surface area contributed by atoms with Crippen molar-refractivity contribution >= 4 is 11.9 Å². The molecule has 8 heteroatoms. The van der Waals surface area contributed by atoms with Crippen LogP contribution in [0.5, 0.6) is 5.75 Å². The third-order valence-electron chi connectivity index (χ3n) is 4.77. The van der Waals surface area contributed by atoms with Crippen LogP contribution in [-0.4, -0.2) is 30.4 Å². The van der Waals surface area contributed by atoms with Crippen LogP contribution in [0.15, 0.2) is 65.9 Å². The normalized spacial score (nSPS) is 18.9. The van der Waals surface area contributed by atoms with Gasteiger partial charge in [-0.2, -0.15) is 8.78 Å². The molecular weight excluding hydrogens is 383 g/mol. The molecule has 1 heterocycles. The molecule has 1 aliphatic rings. The third-order valence-corrected chi connectivity index (χ3v) is 4.77. The van der Waals surface area contributed by atoms with E-state index in [4.69, 9.17) is 5.73 Å². The topological polar surface area (TPSA) is 67.9 Å². The molecule has 0 bridgehead atoms. The molecule has 152 valence electrons. The number of amides is 1. The number of guanidine groups is 1. The lowest BCUT2D eigenvalue weighted by Gasteiger charge is -2.26. The van der Waals surface area contributed by atoms with Gasteiger partial charge in [0.1, 0.15) is 5.75 Å². The van der Waals surface area contributed by atoms with Crippen molar-refractivity contribution in [2.45, 2.75) is 25.0 Å². The Morgan fingerprint density at radius 1 is 1.24 bits per heavy atom. The van der Waals surface area contributed by atoms with Gasteiger partial charge in [0.25, 0.3) is 5.91 Å². The predicted octanol–water partition coefficient (Wildman–Crippen LogP) is 3.73. The number of ether oxygens (including phenoxy) is 1. The summed E-state index contributed by atoms with van der Waals surface area (Å²) in [4.78, 5) is 18.9. The second-order valence-electron chi connectivity index (χ2n) is 6.67. The van der Waals surface area contributed by atoms with E-state index in [1.54, 1.807) is 18.2 Å². The zero-order chi connectivity index (χ0) is 21.2. The average molecular weight is 403 g/mol. The monoisotopic (exact) mass is 403 g/mol. The van der Waals surface area contributed by atoms with Crippen LogP contribution in [0.4, 0.5) is 13.2 Å². The summed E-state index contributed by atoms with van der Waals surface area (Å²) in [5.41, 5.74) is 6.24. The molecule has 1 amide bonds. The Morgan fingerprint density at radius 3 is 2.48 bits per heavy atom. The van der Waals surface area contributed by atoms with Crippen LogP contribution >= 0.6 is 0 Å². The first-order chi connectivity index (χ1) is 13.7. The molecule has 0 aromatic heterocycles. The number of carbonyl (C=O) groups is 1. The molecule has 2 aromatic carbocycles. The average Bonchev–Trinajstić information content (AvgIpc) is 2.92. The second kappa shape index (κ2) is 7.98. The van der Waals surface area contributed by atoms with Gasteiger partial charge in [-0.3, -0.25) is 9.69 Å². The van der Waals surface area contributed by atoms with Crippen molar-refractivity contribution in [2.24, 2.45) is 10.7 Å². The maximum Gasteiger partial charge on any atom is 0.387 e. The van der Waals surface area contributed by atoms with Gasteiger partial charge in [-0.1, -0.05) is 43.0 Å². The van der Waals surface area contributed by atoms with E-state index >= 15 is 0 Å². The SMILES string of the molecule is C=C(F)CCc1cccc(C2(c3ccc(OC(F)F)cc3)N=C(N)N(C)C2=O)c1.